The molecule has 0 N–H and O–H groups in total. The molecule has 0 bridgehead atoms. The minimum Gasteiger partial charge on any atom is -0.485 e. The van der Waals surface area contributed by atoms with E-state index in [1.54, 1.807) is 15.9 Å². The van der Waals surface area contributed by atoms with Gasteiger partial charge in [-0.05, 0) is 12.1 Å². The van der Waals surface area contributed by atoms with Gasteiger partial charge in [0.1, 0.15) is 12.5 Å². The van der Waals surface area contributed by atoms with Crippen LogP contribution >= 0.6 is 11.6 Å². The molecule has 22 heavy (non-hydrogen) atoms. The van der Waals surface area contributed by atoms with Crippen LogP contribution in [0.25, 0.3) is 0 Å². The number of fused-ring (bicyclic) bond motifs is 1. The van der Waals surface area contributed by atoms with Gasteiger partial charge in [-0.3, -0.25) is 9.59 Å². The molecular formula is C15H17ClN2O4. The van der Waals surface area contributed by atoms with Gasteiger partial charge in [0.25, 0.3) is 5.91 Å². The monoisotopic (exact) mass is 324 g/mol. The molecule has 0 saturated carbocycles. The zero-order valence-electron chi connectivity index (χ0n) is 12.0. The van der Waals surface area contributed by atoms with Crippen molar-refractivity contribution in [2.45, 2.75) is 6.10 Å². The zero-order chi connectivity index (χ0) is 15.5. The fraction of sp³-hybridized carbons (Fsp3) is 0.467. The summed E-state index contributed by atoms with van der Waals surface area (Å²) in [4.78, 5) is 27.4. The second-order valence-corrected chi connectivity index (χ2v) is 5.47. The number of piperazine rings is 1. The molecule has 0 aliphatic carbocycles. The highest BCUT2D eigenvalue weighted by Crippen LogP contribution is 2.31. The van der Waals surface area contributed by atoms with Gasteiger partial charge >= 0.3 is 0 Å². The molecule has 1 atom stereocenters. The molecule has 118 valence electrons. The van der Waals surface area contributed by atoms with Crippen LogP contribution in [-0.4, -0.2) is 66.4 Å². The van der Waals surface area contributed by atoms with Gasteiger partial charge in [-0.1, -0.05) is 12.1 Å². The molecule has 1 aromatic rings. The number of halogens is 1. The summed E-state index contributed by atoms with van der Waals surface area (Å²) >= 11 is 5.55. The first-order valence-corrected chi connectivity index (χ1v) is 7.73. The maximum atomic E-state index is 12.5. The van der Waals surface area contributed by atoms with Crippen LogP contribution in [-0.2, 0) is 9.59 Å². The Morgan fingerprint density at radius 2 is 1.73 bits per heavy atom. The van der Waals surface area contributed by atoms with Crippen LogP contribution in [0.5, 0.6) is 11.5 Å². The van der Waals surface area contributed by atoms with E-state index in [0.29, 0.717) is 37.7 Å². The molecule has 2 heterocycles. The number of carbonyl (C=O) groups excluding carboxylic acids is 2. The zero-order valence-corrected chi connectivity index (χ0v) is 12.8. The summed E-state index contributed by atoms with van der Waals surface area (Å²) in [5, 5.41) is 0. The van der Waals surface area contributed by atoms with Gasteiger partial charge in [0.15, 0.2) is 11.5 Å². The highest BCUT2D eigenvalue weighted by molar-refractivity contribution is 6.27. The van der Waals surface area contributed by atoms with Crippen LogP contribution < -0.4 is 9.47 Å². The lowest BCUT2D eigenvalue weighted by Crippen LogP contribution is -2.55. The molecule has 0 spiro atoms. The molecule has 1 fully saturated rings. The number of hydrogen-bond donors (Lipinski definition) is 0. The van der Waals surface area contributed by atoms with E-state index in [1.165, 1.54) is 0 Å². The molecule has 0 radical (unpaired) electrons. The molecule has 3 rings (SSSR count). The Hall–Kier alpha value is -1.95. The highest BCUT2D eigenvalue weighted by Gasteiger charge is 2.33. The lowest BCUT2D eigenvalue weighted by Gasteiger charge is -2.37. The van der Waals surface area contributed by atoms with Crippen LogP contribution in [0.1, 0.15) is 0 Å². The first-order chi connectivity index (χ1) is 10.7. The van der Waals surface area contributed by atoms with Gasteiger partial charge in [0, 0.05) is 26.2 Å². The minimum atomic E-state index is -0.634. The molecule has 2 amide bonds. The smallest absolute Gasteiger partial charge is 0.267 e. The Morgan fingerprint density at radius 3 is 2.41 bits per heavy atom. The summed E-state index contributed by atoms with van der Waals surface area (Å²) < 4.78 is 11.3. The molecule has 2 aliphatic rings. The maximum Gasteiger partial charge on any atom is 0.267 e. The number of nitrogens with zero attached hydrogens (tertiary/aromatic N) is 2. The second-order valence-electron chi connectivity index (χ2n) is 5.20. The number of rotatable bonds is 2. The summed E-state index contributed by atoms with van der Waals surface area (Å²) in [7, 11) is 0. The fourth-order valence-electron chi connectivity index (χ4n) is 2.61. The van der Waals surface area contributed by atoms with Crippen LogP contribution in [0, 0.1) is 0 Å². The first kappa shape index (κ1) is 15.0. The van der Waals surface area contributed by atoms with Gasteiger partial charge in [0.2, 0.25) is 12.0 Å². The molecule has 1 aromatic carbocycles. The van der Waals surface area contributed by atoms with Gasteiger partial charge in [-0.15, -0.1) is 11.6 Å². The van der Waals surface area contributed by atoms with E-state index in [0.717, 1.165) is 0 Å². The Bertz CT molecular complexity index is 572. The predicted octanol–water partition coefficient (Wildman–Crippen LogP) is 0.736. The summed E-state index contributed by atoms with van der Waals surface area (Å²) in [6.07, 6.45) is -0.634. The molecular weight excluding hydrogens is 308 g/mol. The van der Waals surface area contributed by atoms with Gasteiger partial charge in [-0.2, -0.15) is 0 Å². The van der Waals surface area contributed by atoms with Crippen molar-refractivity contribution in [3.8, 4) is 11.5 Å². The van der Waals surface area contributed by atoms with E-state index in [4.69, 9.17) is 21.1 Å². The first-order valence-electron chi connectivity index (χ1n) is 7.20. The Morgan fingerprint density at radius 1 is 1.09 bits per heavy atom. The van der Waals surface area contributed by atoms with Crippen molar-refractivity contribution in [2.75, 3.05) is 38.7 Å². The summed E-state index contributed by atoms with van der Waals surface area (Å²) in [6.45, 7) is 2.19. The van der Waals surface area contributed by atoms with Crippen LogP contribution in [0.3, 0.4) is 0 Å². The van der Waals surface area contributed by atoms with E-state index >= 15 is 0 Å². The Labute approximate surface area is 133 Å². The van der Waals surface area contributed by atoms with Crippen LogP contribution in [0.4, 0.5) is 0 Å². The quantitative estimate of drug-likeness (QED) is 0.753. The average molecular weight is 325 g/mol. The summed E-state index contributed by atoms with van der Waals surface area (Å²) in [5.41, 5.74) is 0. The topological polar surface area (TPSA) is 59.1 Å². The third kappa shape index (κ3) is 2.97. The van der Waals surface area contributed by atoms with E-state index in [-0.39, 0.29) is 24.3 Å². The van der Waals surface area contributed by atoms with E-state index in [9.17, 15) is 9.59 Å². The van der Waals surface area contributed by atoms with Crippen molar-refractivity contribution in [3.05, 3.63) is 24.3 Å². The number of amides is 2. The average Bonchev–Trinajstić information content (AvgIpc) is 2.60. The van der Waals surface area contributed by atoms with Crippen LogP contribution in [0.2, 0.25) is 0 Å². The number of ether oxygens (including phenoxy) is 2. The standard InChI is InChI=1S/C15H17ClN2O4/c16-9-14(19)17-5-7-18(8-6-17)15(20)13-10-21-11-3-1-2-4-12(11)22-13/h1-4,13H,5-10H2/t13-/m1/s1. The van der Waals surface area contributed by atoms with Crippen molar-refractivity contribution in [1.82, 2.24) is 9.80 Å². The largest absolute Gasteiger partial charge is 0.485 e. The molecule has 1 saturated heterocycles. The van der Waals surface area contributed by atoms with Crippen molar-refractivity contribution < 1.29 is 19.1 Å². The third-order valence-electron chi connectivity index (χ3n) is 3.84. The normalized spacial score (nSPS) is 20.7. The van der Waals surface area contributed by atoms with Crippen molar-refractivity contribution >= 4 is 23.4 Å². The number of para-hydroxylation sites is 2. The number of hydrogen-bond acceptors (Lipinski definition) is 4. The summed E-state index contributed by atoms with van der Waals surface area (Å²) in [5.74, 6) is 1.02. The van der Waals surface area contributed by atoms with Crippen molar-refractivity contribution in [2.24, 2.45) is 0 Å². The lowest BCUT2D eigenvalue weighted by atomic mass is 10.2. The highest BCUT2D eigenvalue weighted by atomic mass is 35.5. The van der Waals surface area contributed by atoms with Gasteiger partial charge in [0.05, 0.1) is 0 Å². The number of benzene rings is 1. The molecule has 2 aliphatic heterocycles. The predicted molar refractivity (Wildman–Crippen MR) is 80.2 cm³/mol. The summed E-state index contributed by atoms with van der Waals surface area (Å²) in [6, 6.07) is 7.29. The molecule has 6 nitrogen and oxygen atoms in total. The minimum absolute atomic E-state index is 0.0235. The third-order valence-corrected chi connectivity index (χ3v) is 4.07. The Balaban J connectivity index is 1.58. The van der Waals surface area contributed by atoms with Crippen molar-refractivity contribution in [1.29, 1.82) is 0 Å². The molecule has 7 heteroatoms. The van der Waals surface area contributed by atoms with Gasteiger partial charge in [-0.25, -0.2) is 0 Å². The number of carbonyl (C=O) groups is 2. The van der Waals surface area contributed by atoms with E-state index in [2.05, 4.69) is 0 Å². The number of alkyl halides is 1. The Kier molecular flexibility index (Phi) is 4.38. The van der Waals surface area contributed by atoms with Gasteiger partial charge < -0.3 is 19.3 Å². The van der Waals surface area contributed by atoms with Crippen LogP contribution in [0.15, 0.2) is 24.3 Å². The molecule has 0 unspecified atom stereocenters. The lowest BCUT2D eigenvalue weighted by molar-refractivity contribution is -0.145. The maximum absolute atomic E-state index is 12.5. The SMILES string of the molecule is O=C(CCl)N1CCN(C(=O)[C@H]2COc3ccccc3O2)CC1. The fourth-order valence-corrected chi connectivity index (χ4v) is 2.77. The van der Waals surface area contributed by atoms with Crippen molar-refractivity contribution in [3.63, 3.8) is 0 Å². The van der Waals surface area contributed by atoms with E-state index < -0.39 is 6.10 Å². The van der Waals surface area contributed by atoms with E-state index in [1.807, 2.05) is 18.2 Å². The second kappa shape index (κ2) is 6.44. The molecule has 0 aromatic heterocycles.